The summed E-state index contributed by atoms with van der Waals surface area (Å²) in [6.45, 7) is 2.60. The molecule has 1 amide bonds. The summed E-state index contributed by atoms with van der Waals surface area (Å²) in [5.41, 5.74) is 1.37. The number of rotatable bonds is 5. The average Bonchev–Trinajstić information content (AvgIpc) is 3.25. The number of carbonyl (C=O) groups excluding carboxylic acids is 2. The minimum absolute atomic E-state index is 0.233. The Morgan fingerprint density at radius 2 is 2.12 bits per heavy atom. The Labute approximate surface area is 154 Å². The maximum Gasteiger partial charge on any atom is 0.350 e. The van der Waals surface area contributed by atoms with Crippen molar-refractivity contribution < 1.29 is 19.1 Å². The second kappa shape index (κ2) is 7.99. The molecular weight excluding hydrogens is 362 g/mol. The van der Waals surface area contributed by atoms with Crippen LogP contribution in [0.3, 0.4) is 0 Å². The Hall–Kier alpha value is -1.89. The van der Waals surface area contributed by atoms with Crippen molar-refractivity contribution >= 4 is 40.5 Å². The number of nitrogens with one attached hydrogen (secondary N) is 1. The first-order valence-corrected chi connectivity index (χ1v) is 9.27. The SMILES string of the molecule is CCOC(=O)c1sc(-c2ccc(Cl)cc2)cc1NC(=O)C1CCCO1. The number of thiophene rings is 1. The maximum atomic E-state index is 12.3. The van der Waals surface area contributed by atoms with Crippen molar-refractivity contribution in [1.82, 2.24) is 0 Å². The van der Waals surface area contributed by atoms with Gasteiger partial charge in [-0.15, -0.1) is 11.3 Å². The third-order valence-corrected chi connectivity index (χ3v) is 5.22. The molecule has 5 nitrogen and oxygen atoms in total. The number of esters is 1. The smallest absolute Gasteiger partial charge is 0.350 e. The fraction of sp³-hybridized carbons (Fsp3) is 0.333. The average molecular weight is 380 g/mol. The summed E-state index contributed by atoms with van der Waals surface area (Å²) in [6.07, 6.45) is 1.09. The second-order valence-corrected chi connectivity index (χ2v) is 7.06. The molecule has 0 bridgehead atoms. The summed E-state index contributed by atoms with van der Waals surface area (Å²) >= 11 is 7.21. The van der Waals surface area contributed by atoms with Gasteiger partial charge in [-0.25, -0.2) is 4.79 Å². The number of amides is 1. The van der Waals surface area contributed by atoms with Gasteiger partial charge in [-0.2, -0.15) is 0 Å². The highest BCUT2D eigenvalue weighted by Gasteiger charge is 2.26. The van der Waals surface area contributed by atoms with Crippen molar-refractivity contribution in [3.63, 3.8) is 0 Å². The first-order chi connectivity index (χ1) is 12.1. The summed E-state index contributed by atoms with van der Waals surface area (Å²) in [6, 6.07) is 9.09. The molecule has 1 aliphatic rings. The fourth-order valence-electron chi connectivity index (χ4n) is 2.59. The summed E-state index contributed by atoms with van der Waals surface area (Å²) in [4.78, 5) is 25.8. The molecule has 1 N–H and O–H groups in total. The van der Waals surface area contributed by atoms with E-state index in [1.165, 1.54) is 11.3 Å². The van der Waals surface area contributed by atoms with E-state index in [0.29, 0.717) is 28.6 Å². The van der Waals surface area contributed by atoms with Crippen LogP contribution in [0.5, 0.6) is 0 Å². The molecule has 3 rings (SSSR count). The Balaban J connectivity index is 1.89. The predicted octanol–water partition coefficient (Wildman–Crippen LogP) is 4.36. The van der Waals surface area contributed by atoms with Gasteiger partial charge in [-0.05, 0) is 43.5 Å². The van der Waals surface area contributed by atoms with Crippen LogP contribution in [-0.2, 0) is 14.3 Å². The molecule has 25 heavy (non-hydrogen) atoms. The van der Waals surface area contributed by atoms with Crippen LogP contribution in [0.25, 0.3) is 10.4 Å². The van der Waals surface area contributed by atoms with Crippen molar-refractivity contribution in [3.8, 4) is 10.4 Å². The highest BCUT2D eigenvalue weighted by atomic mass is 35.5. The Morgan fingerprint density at radius 1 is 1.36 bits per heavy atom. The Kier molecular flexibility index (Phi) is 5.73. The number of carbonyl (C=O) groups is 2. The number of hydrogen-bond donors (Lipinski definition) is 1. The van der Waals surface area contributed by atoms with E-state index in [2.05, 4.69) is 5.32 Å². The quantitative estimate of drug-likeness (QED) is 0.784. The van der Waals surface area contributed by atoms with Crippen LogP contribution in [0.15, 0.2) is 30.3 Å². The van der Waals surface area contributed by atoms with E-state index in [4.69, 9.17) is 21.1 Å². The van der Waals surface area contributed by atoms with Crippen molar-refractivity contribution in [2.24, 2.45) is 0 Å². The zero-order valence-corrected chi connectivity index (χ0v) is 15.3. The summed E-state index contributed by atoms with van der Waals surface area (Å²) in [5.74, 6) is -0.682. The number of benzene rings is 1. The van der Waals surface area contributed by atoms with Crippen LogP contribution in [0, 0.1) is 0 Å². The van der Waals surface area contributed by atoms with E-state index in [9.17, 15) is 9.59 Å². The lowest BCUT2D eigenvalue weighted by Gasteiger charge is -2.10. The molecule has 132 valence electrons. The zero-order chi connectivity index (χ0) is 17.8. The van der Waals surface area contributed by atoms with Crippen molar-refractivity contribution in [3.05, 3.63) is 40.2 Å². The number of hydrogen-bond acceptors (Lipinski definition) is 5. The molecule has 0 saturated carbocycles. The van der Waals surface area contributed by atoms with Gasteiger partial charge in [0.15, 0.2) is 0 Å². The fourth-order valence-corrected chi connectivity index (χ4v) is 3.73. The van der Waals surface area contributed by atoms with E-state index in [-0.39, 0.29) is 12.5 Å². The zero-order valence-electron chi connectivity index (χ0n) is 13.7. The van der Waals surface area contributed by atoms with Crippen LogP contribution in [0.4, 0.5) is 5.69 Å². The Morgan fingerprint density at radius 3 is 2.76 bits per heavy atom. The van der Waals surface area contributed by atoms with Crippen molar-refractivity contribution in [1.29, 1.82) is 0 Å². The maximum absolute atomic E-state index is 12.3. The number of anilines is 1. The molecule has 1 aromatic carbocycles. The summed E-state index contributed by atoms with van der Waals surface area (Å²) < 4.78 is 10.5. The van der Waals surface area contributed by atoms with Gasteiger partial charge in [0.05, 0.1) is 12.3 Å². The van der Waals surface area contributed by atoms with Gasteiger partial charge in [-0.3, -0.25) is 4.79 Å². The van der Waals surface area contributed by atoms with Crippen LogP contribution in [0.1, 0.15) is 29.4 Å². The predicted molar refractivity (Wildman–Crippen MR) is 98.3 cm³/mol. The third-order valence-electron chi connectivity index (χ3n) is 3.80. The Bertz CT molecular complexity index is 766. The molecule has 7 heteroatoms. The lowest BCUT2D eigenvalue weighted by Crippen LogP contribution is -2.27. The van der Waals surface area contributed by atoms with E-state index in [1.807, 2.05) is 12.1 Å². The van der Waals surface area contributed by atoms with Crippen LogP contribution in [0.2, 0.25) is 5.02 Å². The lowest BCUT2D eigenvalue weighted by molar-refractivity contribution is -0.124. The van der Waals surface area contributed by atoms with Gasteiger partial charge in [0, 0.05) is 16.5 Å². The normalized spacial score (nSPS) is 16.6. The topological polar surface area (TPSA) is 64.6 Å². The van der Waals surface area contributed by atoms with E-state index in [1.54, 1.807) is 25.1 Å². The molecule has 0 aliphatic carbocycles. The molecular formula is C18H18ClNO4S. The van der Waals surface area contributed by atoms with Gasteiger partial charge >= 0.3 is 5.97 Å². The van der Waals surface area contributed by atoms with Gasteiger partial charge in [0.25, 0.3) is 5.91 Å². The summed E-state index contributed by atoms with van der Waals surface area (Å²) in [7, 11) is 0. The molecule has 1 aromatic heterocycles. The van der Waals surface area contributed by atoms with Gasteiger partial charge in [-0.1, -0.05) is 23.7 Å². The molecule has 0 spiro atoms. The largest absolute Gasteiger partial charge is 0.462 e. The van der Waals surface area contributed by atoms with Gasteiger partial charge < -0.3 is 14.8 Å². The molecule has 1 atom stereocenters. The molecule has 1 aliphatic heterocycles. The number of ether oxygens (including phenoxy) is 2. The molecule has 2 heterocycles. The van der Waals surface area contributed by atoms with Crippen molar-refractivity contribution in [2.45, 2.75) is 25.9 Å². The van der Waals surface area contributed by atoms with Gasteiger partial charge in [0.1, 0.15) is 11.0 Å². The van der Waals surface area contributed by atoms with Gasteiger partial charge in [0.2, 0.25) is 0 Å². The summed E-state index contributed by atoms with van der Waals surface area (Å²) in [5, 5.41) is 3.45. The van der Waals surface area contributed by atoms with Crippen molar-refractivity contribution in [2.75, 3.05) is 18.5 Å². The highest BCUT2D eigenvalue weighted by Crippen LogP contribution is 2.36. The molecule has 2 aromatic rings. The van der Waals surface area contributed by atoms with Crippen LogP contribution >= 0.6 is 22.9 Å². The van der Waals surface area contributed by atoms with E-state index >= 15 is 0 Å². The molecule has 1 fully saturated rings. The minimum atomic E-state index is -0.464. The lowest BCUT2D eigenvalue weighted by atomic mass is 10.2. The number of halogens is 1. The monoisotopic (exact) mass is 379 g/mol. The third kappa shape index (κ3) is 4.21. The first-order valence-electron chi connectivity index (χ1n) is 8.08. The van der Waals surface area contributed by atoms with E-state index < -0.39 is 12.1 Å². The standard InChI is InChI=1S/C18H18ClNO4S/c1-2-23-18(22)16-13(20-17(21)14-4-3-9-24-14)10-15(25-16)11-5-7-12(19)8-6-11/h5-8,10,14H,2-4,9H2,1H3,(H,20,21). The minimum Gasteiger partial charge on any atom is -0.462 e. The van der Waals surface area contributed by atoms with E-state index in [0.717, 1.165) is 16.9 Å². The molecule has 1 saturated heterocycles. The first kappa shape index (κ1) is 17.9. The van der Waals surface area contributed by atoms with Crippen LogP contribution in [-0.4, -0.2) is 31.2 Å². The molecule has 0 radical (unpaired) electrons. The second-order valence-electron chi connectivity index (χ2n) is 5.57. The van der Waals surface area contributed by atoms with Crippen LogP contribution < -0.4 is 5.32 Å². The highest BCUT2D eigenvalue weighted by molar-refractivity contribution is 7.18. The molecule has 1 unspecified atom stereocenters.